The molecular formula is C17H23N3S. The highest BCUT2D eigenvalue weighted by Gasteiger charge is 2.07. The molecule has 2 aromatic rings. The van der Waals surface area contributed by atoms with Crippen LogP contribution in [0, 0.1) is 6.92 Å². The summed E-state index contributed by atoms with van der Waals surface area (Å²) in [6.07, 6.45) is 1.04. The Balaban J connectivity index is 1.87. The maximum Gasteiger partial charge on any atom is 0.193 e. The molecule has 0 aliphatic heterocycles. The van der Waals surface area contributed by atoms with Crippen molar-refractivity contribution in [3.63, 3.8) is 0 Å². The molecule has 0 saturated heterocycles. The van der Waals surface area contributed by atoms with Crippen LogP contribution < -0.4 is 5.32 Å². The Morgan fingerprint density at radius 1 is 1.24 bits per heavy atom. The molecule has 2 rings (SSSR count). The van der Waals surface area contributed by atoms with Crippen molar-refractivity contribution < 1.29 is 0 Å². The van der Waals surface area contributed by atoms with Gasteiger partial charge in [0, 0.05) is 32.1 Å². The molecule has 1 heterocycles. The standard InChI is InChI=1S/C17H23N3S/c1-14-7-4-5-8-15(14)13-20(3)17(18-2)19-11-10-16-9-6-12-21-16/h4-9,12H,10-11,13H2,1-3H3,(H,18,19). The van der Waals surface area contributed by atoms with Crippen molar-refractivity contribution in [2.75, 3.05) is 20.6 Å². The van der Waals surface area contributed by atoms with E-state index in [1.54, 1.807) is 11.3 Å². The summed E-state index contributed by atoms with van der Waals surface area (Å²) in [6, 6.07) is 12.8. The Labute approximate surface area is 131 Å². The number of thiophene rings is 1. The fourth-order valence-electron chi connectivity index (χ4n) is 2.25. The second kappa shape index (κ2) is 7.84. The highest BCUT2D eigenvalue weighted by molar-refractivity contribution is 7.09. The summed E-state index contributed by atoms with van der Waals surface area (Å²) in [7, 11) is 3.91. The van der Waals surface area contributed by atoms with Gasteiger partial charge in [-0.05, 0) is 35.9 Å². The summed E-state index contributed by atoms with van der Waals surface area (Å²) >= 11 is 1.80. The van der Waals surface area contributed by atoms with E-state index in [-0.39, 0.29) is 0 Å². The number of hydrogen-bond acceptors (Lipinski definition) is 2. The summed E-state index contributed by atoms with van der Waals surface area (Å²) in [5, 5.41) is 5.55. The number of aryl methyl sites for hydroxylation is 1. The smallest absolute Gasteiger partial charge is 0.193 e. The Kier molecular flexibility index (Phi) is 5.81. The van der Waals surface area contributed by atoms with Crippen molar-refractivity contribution >= 4 is 17.3 Å². The first-order valence-electron chi connectivity index (χ1n) is 7.19. The van der Waals surface area contributed by atoms with E-state index in [4.69, 9.17) is 0 Å². The molecule has 0 saturated carbocycles. The van der Waals surface area contributed by atoms with Gasteiger partial charge < -0.3 is 10.2 Å². The highest BCUT2D eigenvalue weighted by Crippen LogP contribution is 2.10. The van der Waals surface area contributed by atoms with Gasteiger partial charge >= 0.3 is 0 Å². The van der Waals surface area contributed by atoms with E-state index >= 15 is 0 Å². The molecule has 0 fully saturated rings. The molecule has 0 bridgehead atoms. The molecule has 1 N–H and O–H groups in total. The Bertz CT molecular complexity index is 575. The zero-order valence-electron chi connectivity index (χ0n) is 13.0. The lowest BCUT2D eigenvalue weighted by Crippen LogP contribution is -2.39. The van der Waals surface area contributed by atoms with Crippen molar-refractivity contribution in [3.05, 3.63) is 57.8 Å². The highest BCUT2D eigenvalue weighted by atomic mass is 32.1. The van der Waals surface area contributed by atoms with E-state index in [9.17, 15) is 0 Å². The summed E-state index contributed by atoms with van der Waals surface area (Å²) < 4.78 is 0. The third-order valence-electron chi connectivity index (χ3n) is 3.48. The lowest BCUT2D eigenvalue weighted by Gasteiger charge is -2.23. The summed E-state index contributed by atoms with van der Waals surface area (Å²) in [5.41, 5.74) is 2.65. The van der Waals surface area contributed by atoms with E-state index in [0.717, 1.165) is 25.5 Å². The predicted octanol–water partition coefficient (Wildman–Crippen LogP) is 3.31. The molecule has 1 aromatic heterocycles. The molecule has 0 spiro atoms. The summed E-state index contributed by atoms with van der Waals surface area (Å²) in [5.74, 6) is 0.940. The van der Waals surface area contributed by atoms with Crippen LogP contribution in [0.5, 0.6) is 0 Å². The molecule has 4 heteroatoms. The molecule has 0 amide bonds. The minimum atomic E-state index is 0.866. The number of rotatable bonds is 5. The molecule has 0 unspecified atom stereocenters. The number of aliphatic imine (C=N–C) groups is 1. The largest absolute Gasteiger partial charge is 0.356 e. The molecular weight excluding hydrogens is 278 g/mol. The zero-order chi connectivity index (χ0) is 15.1. The van der Waals surface area contributed by atoms with Gasteiger partial charge in [0.25, 0.3) is 0 Å². The molecule has 0 radical (unpaired) electrons. The van der Waals surface area contributed by atoms with E-state index in [1.807, 2.05) is 7.05 Å². The van der Waals surface area contributed by atoms with Gasteiger partial charge in [0.1, 0.15) is 0 Å². The van der Waals surface area contributed by atoms with Gasteiger partial charge in [-0.1, -0.05) is 30.3 Å². The van der Waals surface area contributed by atoms with Crippen LogP contribution in [0.4, 0.5) is 0 Å². The lowest BCUT2D eigenvalue weighted by molar-refractivity contribution is 0.476. The van der Waals surface area contributed by atoms with Gasteiger partial charge in [0.05, 0.1) is 0 Å². The van der Waals surface area contributed by atoms with Crippen LogP contribution in [0.3, 0.4) is 0 Å². The van der Waals surface area contributed by atoms with Gasteiger partial charge in [0.15, 0.2) is 5.96 Å². The molecule has 112 valence electrons. The van der Waals surface area contributed by atoms with Crippen molar-refractivity contribution in [1.29, 1.82) is 0 Å². The average Bonchev–Trinajstić information content (AvgIpc) is 2.99. The van der Waals surface area contributed by atoms with Crippen LogP contribution in [0.1, 0.15) is 16.0 Å². The van der Waals surface area contributed by atoms with Gasteiger partial charge in [-0.3, -0.25) is 4.99 Å². The fourth-order valence-corrected chi connectivity index (χ4v) is 2.96. The van der Waals surface area contributed by atoms with E-state index in [1.165, 1.54) is 16.0 Å². The third-order valence-corrected chi connectivity index (χ3v) is 4.41. The molecule has 0 aliphatic carbocycles. The van der Waals surface area contributed by atoms with Crippen LogP contribution in [0.15, 0.2) is 46.8 Å². The second-order valence-electron chi connectivity index (χ2n) is 5.09. The lowest BCUT2D eigenvalue weighted by atomic mass is 10.1. The molecule has 0 atom stereocenters. The summed E-state index contributed by atoms with van der Waals surface area (Å²) in [6.45, 7) is 3.92. The molecule has 1 aromatic carbocycles. The monoisotopic (exact) mass is 301 g/mol. The molecule has 3 nitrogen and oxygen atoms in total. The fraction of sp³-hybridized carbons (Fsp3) is 0.353. The number of hydrogen-bond donors (Lipinski definition) is 1. The SMILES string of the molecule is CN=C(NCCc1cccs1)N(C)Cc1ccccc1C. The maximum absolute atomic E-state index is 4.37. The first kappa shape index (κ1) is 15.6. The van der Waals surface area contributed by atoms with Gasteiger partial charge in [-0.15, -0.1) is 11.3 Å². The third kappa shape index (κ3) is 4.60. The normalized spacial score (nSPS) is 11.5. The number of nitrogens with one attached hydrogen (secondary N) is 1. The van der Waals surface area contributed by atoms with E-state index in [0.29, 0.717) is 0 Å². The van der Waals surface area contributed by atoms with Crippen LogP contribution in [0.25, 0.3) is 0 Å². The van der Waals surface area contributed by atoms with E-state index in [2.05, 4.69) is 71.0 Å². The minimum Gasteiger partial charge on any atom is -0.356 e. The summed E-state index contributed by atoms with van der Waals surface area (Å²) in [4.78, 5) is 7.93. The first-order chi connectivity index (χ1) is 10.2. The predicted molar refractivity (Wildman–Crippen MR) is 92.0 cm³/mol. The van der Waals surface area contributed by atoms with Crippen molar-refractivity contribution in [1.82, 2.24) is 10.2 Å². The van der Waals surface area contributed by atoms with Crippen LogP contribution in [-0.4, -0.2) is 31.5 Å². The molecule has 21 heavy (non-hydrogen) atoms. The maximum atomic E-state index is 4.37. The van der Waals surface area contributed by atoms with E-state index < -0.39 is 0 Å². The minimum absolute atomic E-state index is 0.866. The zero-order valence-corrected chi connectivity index (χ0v) is 13.8. The molecule has 0 aliphatic rings. The van der Waals surface area contributed by atoms with Crippen molar-refractivity contribution in [2.45, 2.75) is 19.9 Å². The van der Waals surface area contributed by atoms with Crippen LogP contribution in [0.2, 0.25) is 0 Å². The number of benzene rings is 1. The second-order valence-corrected chi connectivity index (χ2v) is 6.12. The van der Waals surface area contributed by atoms with Gasteiger partial charge in [-0.2, -0.15) is 0 Å². The van der Waals surface area contributed by atoms with Gasteiger partial charge in [-0.25, -0.2) is 0 Å². The van der Waals surface area contributed by atoms with Crippen molar-refractivity contribution in [2.24, 2.45) is 4.99 Å². The quantitative estimate of drug-likeness (QED) is 0.678. The number of nitrogens with zero attached hydrogens (tertiary/aromatic N) is 2. The number of guanidine groups is 1. The topological polar surface area (TPSA) is 27.6 Å². The first-order valence-corrected chi connectivity index (χ1v) is 8.07. The van der Waals surface area contributed by atoms with Crippen LogP contribution >= 0.6 is 11.3 Å². The Morgan fingerprint density at radius 3 is 2.71 bits per heavy atom. The van der Waals surface area contributed by atoms with Gasteiger partial charge in [0.2, 0.25) is 0 Å². The van der Waals surface area contributed by atoms with Crippen LogP contribution in [-0.2, 0) is 13.0 Å². The average molecular weight is 301 g/mol. The Hall–Kier alpha value is -1.81. The van der Waals surface area contributed by atoms with Crippen molar-refractivity contribution in [3.8, 4) is 0 Å². The Morgan fingerprint density at radius 2 is 2.05 bits per heavy atom.